The molecule has 2 aromatic carbocycles. The topological polar surface area (TPSA) is 9.23 Å². The van der Waals surface area contributed by atoms with E-state index in [-0.39, 0.29) is 5.38 Å². The number of hydrogen-bond donors (Lipinski definition) is 0. The summed E-state index contributed by atoms with van der Waals surface area (Å²) in [5, 5.41) is 0.902. The van der Waals surface area contributed by atoms with Gasteiger partial charge in [0.15, 0.2) is 0 Å². The molecule has 0 saturated heterocycles. The van der Waals surface area contributed by atoms with Crippen molar-refractivity contribution in [3.63, 3.8) is 0 Å². The number of benzene rings is 2. The zero-order valence-electron chi connectivity index (χ0n) is 9.66. The van der Waals surface area contributed by atoms with Crippen LogP contribution in [0.5, 0.6) is 5.75 Å². The van der Waals surface area contributed by atoms with E-state index in [1.807, 2.05) is 36.4 Å². The van der Waals surface area contributed by atoms with Crippen LogP contribution >= 0.6 is 34.8 Å². The number of rotatable bonds is 3. The predicted octanol–water partition coefficient (Wildman–Crippen LogP) is 5.33. The highest BCUT2D eigenvalue weighted by Crippen LogP contribution is 2.36. The lowest BCUT2D eigenvalue weighted by molar-refractivity contribution is 0.414. The molecule has 0 aliphatic rings. The minimum Gasteiger partial charge on any atom is -0.497 e. The summed E-state index contributed by atoms with van der Waals surface area (Å²) in [5.41, 5.74) is 1.75. The SMILES string of the molecule is COc1ccc(C(Cl)c2cccc(Cl)c2)c(Cl)c1. The third kappa shape index (κ3) is 2.92. The molecule has 0 amide bonds. The second-order valence-corrected chi connectivity index (χ2v) is 5.09. The predicted molar refractivity (Wildman–Crippen MR) is 77.2 cm³/mol. The molecule has 0 radical (unpaired) electrons. The molecule has 1 unspecified atom stereocenters. The summed E-state index contributed by atoms with van der Waals surface area (Å²) in [4.78, 5) is 0. The second kappa shape index (κ2) is 5.83. The highest BCUT2D eigenvalue weighted by molar-refractivity contribution is 6.33. The fourth-order valence-electron chi connectivity index (χ4n) is 1.68. The minimum atomic E-state index is -0.331. The van der Waals surface area contributed by atoms with E-state index in [2.05, 4.69) is 0 Å². The van der Waals surface area contributed by atoms with Gasteiger partial charge in [0.1, 0.15) is 5.75 Å². The molecule has 0 aliphatic heterocycles. The van der Waals surface area contributed by atoms with Crippen molar-refractivity contribution >= 4 is 34.8 Å². The fourth-order valence-corrected chi connectivity index (χ4v) is 2.54. The molecule has 94 valence electrons. The molecule has 0 spiro atoms. The monoisotopic (exact) mass is 300 g/mol. The molecule has 4 heteroatoms. The quantitative estimate of drug-likeness (QED) is 0.696. The third-order valence-corrected chi connectivity index (χ3v) is 3.67. The van der Waals surface area contributed by atoms with Crippen molar-refractivity contribution < 1.29 is 4.74 Å². The molecular weight excluding hydrogens is 291 g/mol. The molecule has 0 aromatic heterocycles. The average Bonchev–Trinajstić information content (AvgIpc) is 2.37. The van der Waals surface area contributed by atoms with E-state index >= 15 is 0 Å². The Morgan fingerprint density at radius 3 is 2.44 bits per heavy atom. The van der Waals surface area contributed by atoms with Crippen molar-refractivity contribution in [2.75, 3.05) is 7.11 Å². The summed E-state index contributed by atoms with van der Waals surface area (Å²) in [6.07, 6.45) is 0. The van der Waals surface area contributed by atoms with Crippen LogP contribution in [0, 0.1) is 0 Å². The molecule has 0 N–H and O–H groups in total. The van der Waals surface area contributed by atoms with Gasteiger partial charge in [-0.05, 0) is 35.4 Å². The van der Waals surface area contributed by atoms with Gasteiger partial charge in [0.25, 0.3) is 0 Å². The summed E-state index contributed by atoms with van der Waals surface area (Å²) in [7, 11) is 1.60. The van der Waals surface area contributed by atoms with Gasteiger partial charge < -0.3 is 4.74 Å². The Labute approximate surface area is 121 Å². The smallest absolute Gasteiger partial charge is 0.120 e. The summed E-state index contributed by atoms with van der Waals surface area (Å²) < 4.78 is 5.11. The van der Waals surface area contributed by atoms with E-state index in [0.717, 1.165) is 11.1 Å². The molecule has 18 heavy (non-hydrogen) atoms. The Morgan fingerprint density at radius 1 is 1.06 bits per heavy atom. The number of ether oxygens (including phenoxy) is 1. The van der Waals surface area contributed by atoms with Crippen molar-refractivity contribution in [1.82, 2.24) is 0 Å². The Morgan fingerprint density at radius 2 is 1.83 bits per heavy atom. The molecule has 0 fully saturated rings. The van der Waals surface area contributed by atoms with Crippen molar-refractivity contribution in [2.45, 2.75) is 5.38 Å². The van der Waals surface area contributed by atoms with Crippen LogP contribution in [0.3, 0.4) is 0 Å². The van der Waals surface area contributed by atoms with E-state index in [1.54, 1.807) is 13.2 Å². The fraction of sp³-hybridized carbons (Fsp3) is 0.143. The zero-order valence-corrected chi connectivity index (χ0v) is 11.9. The van der Waals surface area contributed by atoms with Gasteiger partial charge in [0.2, 0.25) is 0 Å². The molecule has 0 aliphatic carbocycles. The first kappa shape index (κ1) is 13.5. The molecular formula is C14H11Cl3O. The first-order chi connectivity index (χ1) is 8.61. The van der Waals surface area contributed by atoms with E-state index < -0.39 is 0 Å². The summed E-state index contributed by atoms with van der Waals surface area (Å²) in [6, 6.07) is 12.9. The number of halogens is 3. The van der Waals surface area contributed by atoms with Crippen molar-refractivity contribution in [3.05, 3.63) is 63.6 Å². The summed E-state index contributed by atoms with van der Waals surface area (Å²) in [6.45, 7) is 0. The van der Waals surface area contributed by atoms with Gasteiger partial charge >= 0.3 is 0 Å². The average molecular weight is 302 g/mol. The van der Waals surface area contributed by atoms with Crippen LogP contribution in [0.1, 0.15) is 16.5 Å². The Bertz CT molecular complexity index is 554. The maximum Gasteiger partial charge on any atom is 0.120 e. The van der Waals surface area contributed by atoms with Crippen LogP contribution in [0.25, 0.3) is 0 Å². The number of alkyl halides is 1. The van der Waals surface area contributed by atoms with Crippen LogP contribution in [0.4, 0.5) is 0 Å². The number of hydrogen-bond acceptors (Lipinski definition) is 1. The normalized spacial score (nSPS) is 12.2. The molecule has 2 aromatic rings. The minimum absolute atomic E-state index is 0.331. The van der Waals surface area contributed by atoms with Gasteiger partial charge in [-0.25, -0.2) is 0 Å². The standard InChI is InChI=1S/C14H11Cl3O/c1-18-11-5-6-12(13(16)8-11)14(17)9-3-2-4-10(15)7-9/h2-8,14H,1H3. The molecule has 0 saturated carbocycles. The highest BCUT2D eigenvalue weighted by atomic mass is 35.5. The van der Waals surface area contributed by atoms with E-state index in [0.29, 0.717) is 15.8 Å². The van der Waals surface area contributed by atoms with Crippen LogP contribution in [-0.4, -0.2) is 7.11 Å². The third-order valence-electron chi connectivity index (χ3n) is 2.62. The van der Waals surface area contributed by atoms with Crippen molar-refractivity contribution in [1.29, 1.82) is 0 Å². The Kier molecular flexibility index (Phi) is 4.39. The lowest BCUT2D eigenvalue weighted by atomic mass is 10.0. The van der Waals surface area contributed by atoms with E-state index in [9.17, 15) is 0 Å². The van der Waals surface area contributed by atoms with Gasteiger partial charge in [0, 0.05) is 10.0 Å². The van der Waals surface area contributed by atoms with Crippen molar-refractivity contribution in [3.8, 4) is 5.75 Å². The maximum absolute atomic E-state index is 6.42. The maximum atomic E-state index is 6.42. The Hall–Kier alpha value is -0.890. The van der Waals surface area contributed by atoms with Gasteiger partial charge in [-0.1, -0.05) is 41.4 Å². The molecule has 0 heterocycles. The van der Waals surface area contributed by atoms with Gasteiger partial charge in [-0.15, -0.1) is 11.6 Å². The number of methoxy groups -OCH3 is 1. The van der Waals surface area contributed by atoms with Crippen LogP contribution in [0.2, 0.25) is 10.0 Å². The summed E-state index contributed by atoms with van der Waals surface area (Å²) >= 11 is 18.6. The van der Waals surface area contributed by atoms with E-state index in [1.165, 1.54) is 0 Å². The van der Waals surface area contributed by atoms with Gasteiger partial charge in [-0.2, -0.15) is 0 Å². The lowest BCUT2D eigenvalue weighted by Crippen LogP contribution is -1.95. The summed E-state index contributed by atoms with van der Waals surface area (Å²) in [5.74, 6) is 0.707. The lowest BCUT2D eigenvalue weighted by Gasteiger charge is -2.13. The van der Waals surface area contributed by atoms with Gasteiger partial charge in [0.05, 0.1) is 12.5 Å². The largest absolute Gasteiger partial charge is 0.497 e. The molecule has 1 atom stereocenters. The molecule has 1 nitrogen and oxygen atoms in total. The zero-order chi connectivity index (χ0) is 13.1. The first-order valence-electron chi connectivity index (χ1n) is 5.35. The second-order valence-electron chi connectivity index (χ2n) is 3.81. The highest BCUT2D eigenvalue weighted by Gasteiger charge is 2.15. The van der Waals surface area contributed by atoms with E-state index in [4.69, 9.17) is 39.5 Å². The first-order valence-corrected chi connectivity index (χ1v) is 6.54. The van der Waals surface area contributed by atoms with Crippen LogP contribution in [0.15, 0.2) is 42.5 Å². The van der Waals surface area contributed by atoms with Crippen molar-refractivity contribution in [2.24, 2.45) is 0 Å². The molecule has 0 bridgehead atoms. The molecule has 2 rings (SSSR count). The Balaban J connectivity index is 2.37. The van der Waals surface area contributed by atoms with Gasteiger partial charge in [-0.3, -0.25) is 0 Å². The van der Waals surface area contributed by atoms with Crippen LogP contribution < -0.4 is 4.74 Å². The van der Waals surface area contributed by atoms with Crippen LogP contribution in [-0.2, 0) is 0 Å².